The monoisotopic (exact) mass is 490 g/mol. The van der Waals surface area contributed by atoms with Crippen molar-refractivity contribution in [2.75, 3.05) is 25.1 Å². The molecule has 1 aliphatic heterocycles. The molecule has 178 valence electrons. The van der Waals surface area contributed by atoms with Crippen LogP contribution in [0.3, 0.4) is 0 Å². The van der Waals surface area contributed by atoms with Crippen molar-refractivity contribution < 1.29 is 23.8 Å². The molecule has 3 rings (SSSR count). The van der Waals surface area contributed by atoms with Crippen molar-refractivity contribution in [3.05, 3.63) is 71.8 Å². The first kappa shape index (κ1) is 25.5. The molecule has 9 heteroatoms. The molecule has 3 atom stereocenters. The molecule has 1 amide bonds. The third kappa shape index (κ3) is 7.44. The predicted octanol–water partition coefficient (Wildman–Crippen LogP) is 4.56. The van der Waals surface area contributed by atoms with Gasteiger partial charge in [0.25, 0.3) is 7.52 Å². The summed E-state index contributed by atoms with van der Waals surface area (Å²) in [7, 11) is -3.26. The van der Waals surface area contributed by atoms with Crippen molar-refractivity contribution in [2.45, 2.75) is 37.6 Å². The molecule has 2 N–H and O–H groups in total. The topological polar surface area (TPSA) is 95.9 Å². The maximum atomic E-state index is 13.5. The molecule has 2 aromatic rings. The maximum Gasteiger partial charge on any atom is 0.323 e. The summed E-state index contributed by atoms with van der Waals surface area (Å²) in [6, 6.07) is 18.7. The van der Waals surface area contributed by atoms with Gasteiger partial charge >= 0.3 is 5.97 Å². The lowest BCUT2D eigenvalue weighted by atomic mass is 10.1. The molecule has 0 bridgehead atoms. The Bertz CT molecular complexity index is 960. The van der Waals surface area contributed by atoms with Crippen LogP contribution in [-0.2, 0) is 25.1 Å². The number of aliphatic carboxylic acids is 1. The van der Waals surface area contributed by atoms with Crippen molar-refractivity contribution >= 4 is 31.2 Å². The molecule has 7 nitrogen and oxygen atoms in total. The average Bonchev–Trinajstić information content (AvgIpc) is 2.81. The van der Waals surface area contributed by atoms with Crippen LogP contribution in [0.2, 0.25) is 0 Å². The molecule has 0 aliphatic carbocycles. The fraction of sp³-hybridized carbons (Fsp3) is 0.417. The van der Waals surface area contributed by atoms with Gasteiger partial charge in [0, 0.05) is 11.9 Å². The van der Waals surface area contributed by atoms with Gasteiger partial charge in [0.1, 0.15) is 18.0 Å². The highest BCUT2D eigenvalue weighted by molar-refractivity contribution is 7.99. The van der Waals surface area contributed by atoms with E-state index in [1.807, 2.05) is 48.5 Å². The molecule has 1 aliphatic rings. The number of amides is 1. The second-order valence-electron chi connectivity index (χ2n) is 7.90. The van der Waals surface area contributed by atoms with Crippen molar-refractivity contribution in [2.24, 2.45) is 0 Å². The van der Waals surface area contributed by atoms with Crippen molar-refractivity contribution in [1.29, 1.82) is 0 Å². The zero-order chi connectivity index (χ0) is 23.7. The summed E-state index contributed by atoms with van der Waals surface area (Å²) in [6.07, 6.45) is 2.76. The minimum absolute atomic E-state index is 0.266. The first-order valence-electron chi connectivity index (χ1n) is 11.2. The summed E-state index contributed by atoms with van der Waals surface area (Å²) >= 11 is 1.47. The van der Waals surface area contributed by atoms with Gasteiger partial charge in [0.05, 0.1) is 6.61 Å². The van der Waals surface area contributed by atoms with E-state index in [1.165, 1.54) is 22.2 Å². The molecule has 0 saturated carbocycles. The lowest BCUT2D eigenvalue weighted by Gasteiger charge is -2.39. The number of rotatable bonds is 12. The summed E-state index contributed by atoms with van der Waals surface area (Å²) in [5.74, 6) is -1.07. The summed E-state index contributed by atoms with van der Waals surface area (Å²) in [6.45, 7) is 1.62. The van der Waals surface area contributed by atoms with E-state index in [2.05, 4.69) is 17.2 Å². The van der Waals surface area contributed by atoms with Crippen LogP contribution in [0.15, 0.2) is 60.7 Å². The zero-order valence-corrected chi connectivity index (χ0v) is 20.5. The highest BCUT2D eigenvalue weighted by Gasteiger charge is 2.40. The Hall–Kier alpha value is -2.12. The SMILES string of the molecule is CCOP(=O)(CCCCc1ccccc1)NC1CSC(c2ccccc2)N(CC(=O)O)C1=O. The second kappa shape index (κ2) is 12.4. The van der Waals surface area contributed by atoms with Crippen LogP contribution in [0, 0.1) is 0 Å². The van der Waals surface area contributed by atoms with Gasteiger partial charge in [-0.2, -0.15) is 0 Å². The fourth-order valence-electron chi connectivity index (χ4n) is 3.86. The number of hydrogen-bond acceptors (Lipinski definition) is 5. The van der Waals surface area contributed by atoms with Gasteiger partial charge in [0.2, 0.25) is 5.91 Å². The Kier molecular flexibility index (Phi) is 9.56. The van der Waals surface area contributed by atoms with Gasteiger partial charge in [-0.05, 0) is 37.3 Å². The standard InChI is InChI=1S/C24H31N2O5PS/c1-2-31-32(30,16-10-9-13-19-11-5-3-6-12-19)25-21-18-33-24(20-14-7-4-8-15-20)26(23(21)29)17-22(27)28/h3-8,11-12,14-15,21,24H,2,9-10,13,16-18H2,1H3,(H,25,30)(H,27,28). The number of benzene rings is 2. The van der Waals surface area contributed by atoms with E-state index >= 15 is 0 Å². The van der Waals surface area contributed by atoms with E-state index in [0.717, 1.165) is 18.4 Å². The van der Waals surface area contributed by atoms with E-state index in [1.54, 1.807) is 6.92 Å². The first-order valence-corrected chi connectivity index (χ1v) is 14.0. The maximum absolute atomic E-state index is 13.5. The first-order chi connectivity index (χ1) is 15.9. The van der Waals surface area contributed by atoms with E-state index in [-0.39, 0.29) is 12.5 Å². The number of aryl methyl sites for hydroxylation is 1. The summed E-state index contributed by atoms with van der Waals surface area (Å²) in [5, 5.41) is 12.0. The van der Waals surface area contributed by atoms with Crippen LogP contribution in [0.4, 0.5) is 0 Å². The van der Waals surface area contributed by atoms with Gasteiger partial charge in [-0.1, -0.05) is 60.7 Å². The Balaban J connectivity index is 1.65. The fourth-order valence-corrected chi connectivity index (χ4v) is 7.36. The number of carboxylic acids is 1. The van der Waals surface area contributed by atoms with Gasteiger partial charge in [-0.25, -0.2) is 5.09 Å². The third-order valence-electron chi connectivity index (χ3n) is 5.38. The Morgan fingerprint density at radius 2 is 1.82 bits per heavy atom. The van der Waals surface area contributed by atoms with Crippen molar-refractivity contribution in [3.8, 4) is 0 Å². The lowest BCUT2D eigenvalue weighted by Crippen LogP contribution is -2.53. The lowest BCUT2D eigenvalue weighted by molar-refractivity contribution is -0.145. The minimum atomic E-state index is -3.26. The smallest absolute Gasteiger partial charge is 0.323 e. The number of carboxylic acid groups (broad SMARTS) is 1. The van der Waals surface area contributed by atoms with E-state index in [0.29, 0.717) is 18.3 Å². The molecule has 0 radical (unpaired) electrons. The number of hydrogen-bond donors (Lipinski definition) is 2. The third-order valence-corrected chi connectivity index (χ3v) is 9.03. The van der Waals surface area contributed by atoms with Gasteiger partial charge < -0.3 is 14.5 Å². The summed E-state index contributed by atoms with van der Waals surface area (Å²) in [4.78, 5) is 26.1. The molecule has 3 unspecified atom stereocenters. The van der Waals surface area contributed by atoms with Crippen molar-refractivity contribution in [3.63, 3.8) is 0 Å². The number of carbonyl (C=O) groups is 2. The quantitative estimate of drug-likeness (QED) is 0.333. The second-order valence-corrected chi connectivity index (χ2v) is 11.3. The summed E-state index contributed by atoms with van der Waals surface area (Å²) in [5.41, 5.74) is 2.09. The molecular formula is C24H31N2O5PS. The van der Waals surface area contributed by atoms with Crippen LogP contribution < -0.4 is 5.09 Å². The zero-order valence-electron chi connectivity index (χ0n) is 18.8. The highest BCUT2D eigenvalue weighted by atomic mass is 32.2. The molecule has 1 heterocycles. The Labute approximate surface area is 199 Å². The molecule has 0 aromatic heterocycles. The Morgan fingerprint density at radius 1 is 1.15 bits per heavy atom. The number of nitrogens with zero attached hydrogens (tertiary/aromatic N) is 1. The van der Waals surface area contributed by atoms with Crippen LogP contribution in [-0.4, -0.2) is 53.0 Å². The van der Waals surface area contributed by atoms with Crippen LogP contribution >= 0.6 is 19.3 Å². The Morgan fingerprint density at radius 3 is 2.45 bits per heavy atom. The van der Waals surface area contributed by atoms with E-state index in [4.69, 9.17) is 4.52 Å². The molecule has 33 heavy (non-hydrogen) atoms. The number of carbonyl (C=O) groups excluding carboxylic acids is 1. The average molecular weight is 491 g/mol. The number of thioether (sulfide) groups is 1. The van der Waals surface area contributed by atoms with Gasteiger partial charge in [0.15, 0.2) is 0 Å². The van der Waals surface area contributed by atoms with Crippen LogP contribution in [0.1, 0.15) is 36.3 Å². The molecule has 1 saturated heterocycles. The number of nitrogens with one attached hydrogen (secondary N) is 1. The molecule has 1 fully saturated rings. The largest absolute Gasteiger partial charge is 0.480 e. The minimum Gasteiger partial charge on any atom is -0.480 e. The molecule has 0 spiro atoms. The molecule has 2 aromatic carbocycles. The van der Waals surface area contributed by atoms with E-state index in [9.17, 15) is 19.3 Å². The normalized spacial score (nSPS) is 20.4. The van der Waals surface area contributed by atoms with Gasteiger partial charge in [-0.3, -0.25) is 14.2 Å². The van der Waals surface area contributed by atoms with Crippen molar-refractivity contribution in [1.82, 2.24) is 9.99 Å². The number of unbranched alkanes of at least 4 members (excludes halogenated alkanes) is 1. The van der Waals surface area contributed by atoms with Crippen LogP contribution in [0.25, 0.3) is 0 Å². The molecular weight excluding hydrogens is 459 g/mol. The van der Waals surface area contributed by atoms with E-state index < -0.39 is 31.4 Å². The summed E-state index contributed by atoms with van der Waals surface area (Å²) < 4.78 is 19.1. The van der Waals surface area contributed by atoms with Crippen LogP contribution in [0.5, 0.6) is 0 Å². The predicted molar refractivity (Wildman–Crippen MR) is 131 cm³/mol. The highest BCUT2D eigenvalue weighted by Crippen LogP contribution is 2.46. The van der Waals surface area contributed by atoms with Gasteiger partial charge in [-0.15, -0.1) is 11.8 Å².